The van der Waals surface area contributed by atoms with E-state index in [0.29, 0.717) is 0 Å². The molecular formula is C11H18N2. The van der Waals surface area contributed by atoms with Crippen molar-refractivity contribution < 1.29 is 0 Å². The Morgan fingerprint density at radius 2 is 2.00 bits per heavy atom. The Morgan fingerprint density at radius 3 is 2.38 bits per heavy atom. The van der Waals surface area contributed by atoms with E-state index in [0.717, 1.165) is 25.2 Å². The molecule has 0 amide bonds. The molecule has 0 rings (SSSR count). The SMILES string of the molecule is CC=CCC=C(C#N)N(CC)CC. The lowest BCUT2D eigenvalue weighted by atomic mass is 10.3. The molecule has 0 N–H and O–H groups in total. The van der Waals surface area contributed by atoms with Crippen LogP contribution >= 0.6 is 0 Å². The highest BCUT2D eigenvalue weighted by molar-refractivity contribution is 5.20. The molecule has 0 radical (unpaired) electrons. The summed E-state index contributed by atoms with van der Waals surface area (Å²) in [5.74, 6) is 0. The lowest BCUT2D eigenvalue weighted by Crippen LogP contribution is -2.21. The molecule has 0 aromatic carbocycles. The van der Waals surface area contributed by atoms with E-state index < -0.39 is 0 Å². The first-order chi connectivity index (χ1) is 6.29. The highest BCUT2D eigenvalue weighted by Gasteiger charge is 2.01. The molecule has 0 aliphatic carbocycles. The van der Waals surface area contributed by atoms with Gasteiger partial charge in [0.15, 0.2) is 0 Å². The summed E-state index contributed by atoms with van der Waals surface area (Å²) in [6.45, 7) is 7.89. The zero-order valence-corrected chi connectivity index (χ0v) is 8.75. The van der Waals surface area contributed by atoms with Crippen LogP contribution in [-0.2, 0) is 0 Å². The van der Waals surface area contributed by atoms with Gasteiger partial charge in [0.05, 0.1) is 0 Å². The topological polar surface area (TPSA) is 27.0 Å². The fraction of sp³-hybridized carbons (Fsp3) is 0.545. The van der Waals surface area contributed by atoms with E-state index in [4.69, 9.17) is 5.26 Å². The highest BCUT2D eigenvalue weighted by atomic mass is 15.1. The van der Waals surface area contributed by atoms with Crippen molar-refractivity contribution in [2.75, 3.05) is 13.1 Å². The summed E-state index contributed by atoms with van der Waals surface area (Å²) in [6.07, 6.45) is 6.84. The molecule has 0 heterocycles. The van der Waals surface area contributed by atoms with E-state index in [-0.39, 0.29) is 0 Å². The number of rotatable bonds is 5. The fourth-order valence-electron chi connectivity index (χ4n) is 1.13. The van der Waals surface area contributed by atoms with Gasteiger partial charge in [0.2, 0.25) is 0 Å². The molecule has 13 heavy (non-hydrogen) atoms. The summed E-state index contributed by atoms with van der Waals surface area (Å²) >= 11 is 0. The quantitative estimate of drug-likeness (QED) is 0.478. The van der Waals surface area contributed by atoms with Crippen molar-refractivity contribution in [1.82, 2.24) is 4.90 Å². The van der Waals surface area contributed by atoms with Crippen molar-refractivity contribution >= 4 is 0 Å². The molecule has 0 atom stereocenters. The molecule has 0 aromatic heterocycles. The molecule has 0 saturated heterocycles. The van der Waals surface area contributed by atoms with E-state index >= 15 is 0 Å². The van der Waals surface area contributed by atoms with Crippen LogP contribution in [0, 0.1) is 11.3 Å². The van der Waals surface area contributed by atoms with Crippen LogP contribution in [-0.4, -0.2) is 18.0 Å². The van der Waals surface area contributed by atoms with Crippen molar-refractivity contribution in [2.45, 2.75) is 27.2 Å². The summed E-state index contributed by atoms with van der Waals surface area (Å²) in [7, 11) is 0. The van der Waals surface area contributed by atoms with Gasteiger partial charge in [-0.1, -0.05) is 12.2 Å². The van der Waals surface area contributed by atoms with Gasteiger partial charge in [0, 0.05) is 13.1 Å². The number of nitrogens with zero attached hydrogens (tertiary/aromatic N) is 2. The first-order valence-electron chi connectivity index (χ1n) is 4.76. The maximum Gasteiger partial charge on any atom is 0.117 e. The highest BCUT2D eigenvalue weighted by Crippen LogP contribution is 2.03. The molecule has 0 unspecified atom stereocenters. The van der Waals surface area contributed by atoms with E-state index in [1.54, 1.807) is 0 Å². The largest absolute Gasteiger partial charge is 0.364 e. The zero-order valence-electron chi connectivity index (χ0n) is 8.75. The average molecular weight is 178 g/mol. The number of hydrogen-bond acceptors (Lipinski definition) is 2. The van der Waals surface area contributed by atoms with Crippen molar-refractivity contribution in [3.63, 3.8) is 0 Å². The van der Waals surface area contributed by atoms with Crippen LogP contribution in [0.3, 0.4) is 0 Å². The van der Waals surface area contributed by atoms with Gasteiger partial charge in [0.25, 0.3) is 0 Å². The first-order valence-corrected chi connectivity index (χ1v) is 4.76. The zero-order chi connectivity index (χ0) is 10.1. The van der Waals surface area contributed by atoms with Crippen LogP contribution in [0.1, 0.15) is 27.2 Å². The van der Waals surface area contributed by atoms with Gasteiger partial charge in [-0.3, -0.25) is 0 Å². The molecule has 0 saturated carbocycles. The minimum Gasteiger partial charge on any atom is -0.364 e. The molecule has 0 aliphatic rings. The van der Waals surface area contributed by atoms with Crippen LogP contribution in [0.25, 0.3) is 0 Å². The lowest BCUT2D eigenvalue weighted by molar-refractivity contribution is 0.396. The fourth-order valence-corrected chi connectivity index (χ4v) is 1.13. The first kappa shape index (κ1) is 11.8. The molecule has 2 heteroatoms. The molecule has 0 fully saturated rings. The second kappa shape index (κ2) is 7.42. The Balaban J connectivity index is 4.31. The summed E-state index contributed by atoms with van der Waals surface area (Å²) in [4.78, 5) is 2.06. The van der Waals surface area contributed by atoms with E-state index in [1.807, 2.05) is 25.2 Å². The number of hydrogen-bond donors (Lipinski definition) is 0. The molecule has 0 spiro atoms. The summed E-state index contributed by atoms with van der Waals surface area (Å²) in [6, 6.07) is 2.22. The Hall–Kier alpha value is -1.23. The molecule has 2 nitrogen and oxygen atoms in total. The van der Waals surface area contributed by atoms with Gasteiger partial charge < -0.3 is 4.90 Å². The molecular weight excluding hydrogens is 160 g/mol. The normalized spacial score (nSPS) is 11.7. The van der Waals surface area contributed by atoms with Gasteiger partial charge in [-0.05, 0) is 33.3 Å². The van der Waals surface area contributed by atoms with Crippen LogP contribution in [0.2, 0.25) is 0 Å². The molecule has 72 valence electrons. The summed E-state index contributed by atoms with van der Waals surface area (Å²) < 4.78 is 0. The molecule has 0 aliphatic heterocycles. The third-order valence-corrected chi connectivity index (χ3v) is 1.90. The predicted octanol–water partition coefficient (Wildman–Crippen LogP) is 2.70. The Kier molecular flexibility index (Phi) is 6.72. The van der Waals surface area contributed by atoms with Crippen molar-refractivity contribution in [2.24, 2.45) is 0 Å². The van der Waals surface area contributed by atoms with Crippen LogP contribution < -0.4 is 0 Å². The monoisotopic (exact) mass is 178 g/mol. The van der Waals surface area contributed by atoms with Crippen LogP contribution in [0.5, 0.6) is 0 Å². The molecule has 0 aromatic rings. The van der Waals surface area contributed by atoms with Crippen molar-refractivity contribution in [1.29, 1.82) is 5.26 Å². The van der Waals surface area contributed by atoms with E-state index in [1.165, 1.54) is 0 Å². The van der Waals surface area contributed by atoms with Crippen molar-refractivity contribution in [3.8, 4) is 6.07 Å². The third kappa shape index (κ3) is 4.37. The van der Waals surface area contributed by atoms with Crippen molar-refractivity contribution in [3.05, 3.63) is 23.9 Å². The summed E-state index contributed by atoms with van der Waals surface area (Å²) in [5.41, 5.74) is 0.781. The maximum atomic E-state index is 8.87. The minimum absolute atomic E-state index is 0.781. The maximum absolute atomic E-state index is 8.87. The van der Waals surface area contributed by atoms with Gasteiger partial charge in [0.1, 0.15) is 11.8 Å². The Morgan fingerprint density at radius 1 is 1.38 bits per heavy atom. The summed E-state index contributed by atoms with van der Waals surface area (Å²) in [5, 5.41) is 8.87. The average Bonchev–Trinajstić information content (AvgIpc) is 2.17. The Labute approximate surface area is 81.2 Å². The second-order valence-corrected chi connectivity index (χ2v) is 2.68. The smallest absolute Gasteiger partial charge is 0.117 e. The minimum atomic E-state index is 0.781. The van der Waals surface area contributed by atoms with Gasteiger partial charge >= 0.3 is 0 Å². The van der Waals surface area contributed by atoms with E-state index in [9.17, 15) is 0 Å². The van der Waals surface area contributed by atoms with E-state index in [2.05, 4.69) is 24.8 Å². The van der Waals surface area contributed by atoms with Gasteiger partial charge in [-0.15, -0.1) is 0 Å². The number of nitriles is 1. The standard InChI is InChI=1S/C11H18N2/c1-4-7-8-9-11(10-12)13(5-2)6-3/h4,7,9H,5-6,8H2,1-3H3. The Bertz CT molecular complexity index is 217. The second-order valence-electron chi connectivity index (χ2n) is 2.68. The van der Waals surface area contributed by atoms with Gasteiger partial charge in [-0.2, -0.15) is 5.26 Å². The van der Waals surface area contributed by atoms with Crippen LogP contribution in [0.15, 0.2) is 23.9 Å². The predicted molar refractivity (Wildman–Crippen MR) is 56.0 cm³/mol. The van der Waals surface area contributed by atoms with Crippen LogP contribution in [0.4, 0.5) is 0 Å². The lowest BCUT2D eigenvalue weighted by Gasteiger charge is -2.18. The molecule has 0 bridgehead atoms. The third-order valence-electron chi connectivity index (χ3n) is 1.90. The number of allylic oxidation sites excluding steroid dienone is 4. The van der Waals surface area contributed by atoms with Gasteiger partial charge in [-0.25, -0.2) is 0 Å².